The maximum atomic E-state index is 12.5. The molecule has 1 fully saturated rings. The second kappa shape index (κ2) is 12.8. The van der Waals surface area contributed by atoms with Gasteiger partial charge in [0.05, 0.1) is 24.5 Å². The summed E-state index contributed by atoms with van der Waals surface area (Å²) in [6.07, 6.45) is 7.39. The van der Waals surface area contributed by atoms with Crippen molar-refractivity contribution < 1.29 is 23.4 Å². The van der Waals surface area contributed by atoms with Gasteiger partial charge in [0.15, 0.2) is 0 Å². The minimum atomic E-state index is -3.56. The Bertz CT molecular complexity index is 1160. The Morgan fingerprint density at radius 2 is 1.78 bits per heavy atom. The van der Waals surface area contributed by atoms with E-state index in [1.54, 1.807) is 6.07 Å². The number of aliphatic hydroxyl groups excluding tert-OH is 1. The zero-order chi connectivity index (χ0) is 27.1. The van der Waals surface area contributed by atoms with E-state index in [1.807, 2.05) is 32.0 Å². The molecule has 1 amide bonds. The standard InChI is InChI=1S/C28H41N3O5S/c1-28(2,30-19-26(33)23-12-13-25(32)24(16-23)31-37(3,35)36)17-22-11-7-10-21(14-22)15-27(34)29-18-20-8-5-4-6-9-20/h7,10-14,16,20,26,30-33H,4-6,8-9,15,17-19H2,1-3H3,(H,29,34)/t26-/m1/s1. The summed E-state index contributed by atoms with van der Waals surface area (Å²) in [6.45, 7) is 5.08. The molecule has 0 saturated heterocycles. The molecule has 0 spiro atoms. The van der Waals surface area contributed by atoms with Crippen molar-refractivity contribution in [2.45, 2.75) is 70.4 Å². The van der Waals surface area contributed by atoms with Crippen molar-refractivity contribution in [3.8, 4) is 5.75 Å². The van der Waals surface area contributed by atoms with Gasteiger partial charge in [-0.3, -0.25) is 9.52 Å². The number of rotatable bonds is 12. The minimum absolute atomic E-state index is 0.0258. The van der Waals surface area contributed by atoms with Gasteiger partial charge in [-0.1, -0.05) is 49.6 Å². The van der Waals surface area contributed by atoms with Gasteiger partial charge in [-0.15, -0.1) is 0 Å². The van der Waals surface area contributed by atoms with E-state index in [0.29, 0.717) is 24.3 Å². The number of benzene rings is 2. The van der Waals surface area contributed by atoms with Gasteiger partial charge < -0.3 is 20.8 Å². The molecule has 37 heavy (non-hydrogen) atoms. The number of carbonyl (C=O) groups excluding carboxylic acids is 1. The second-order valence-electron chi connectivity index (χ2n) is 10.9. The number of amides is 1. The third kappa shape index (κ3) is 9.98. The highest BCUT2D eigenvalue weighted by atomic mass is 32.2. The maximum Gasteiger partial charge on any atom is 0.229 e. The SMILES string of the molecule is CC(C)(Cc1cccc(CC(=O)NCC2CCCCC2)c1)NC[C@@H](O)c1ccc(O)c(NS(C)(=O)=O)c1. The van der Waals surface area contributed by atoms with Crippen LogP contribution in [0.15, 0.2) is 42.5 Å². The number of anilines is 1. The van der Waals surface area contributed by atoms with Gasteiger partial charge in [-0.2, -0.15) is 0 Å². The van der Waals surface area contributed by atoms with Crippen molar-refractivity contribution in [3.05, 3.63) is 59.2 Å². The van der Waals surface area contributed by atoms with Gasteiger partial charge in [-0.25, -0.2) is 8.42 Å². The Morgan fingerprint density at radius 1 is 1.08 bits per heavy atom. The van der Waals surface area contributed by atoms with Crippen molar-refractivity contribution in [3.63, 3.8) is 0 Å². The molecule has 0 bridgehead atoms. The molecule has 3 rings (SSSR count). The maximum absolute atomic E-state index is 12.5. The molecule has 1 aliphatic carbocycles. The fourth-order valence-corrected chi connectivity index (χ4v) is 5.42. The van der Waals surface area contributed by atoms with Crippen LogP contribution in [0, 0.1) is 5.92 Å². The lowest BCUT2D eigenvalue weighted by Crippen LogP contribution is -2.43. The topological polar surface area (TPSA) is 128 Å². The third-order valence-corrected chi connectivity index (χ3v) is 7.38. The number of aromatic hydroxyl groups is 1. The number of hydrogen-bond donors (Lipinski definition) is 5. The van der Waals surface area contributed by atoms with Crippen molar-refractivity contribution in [1.29, 1.82) is 0 Å². The lowest BCUT2D eigenvalue weighted by Gasteiger charge is -2.28. The molecule has 2 aromatic carbocycles. The van der Waals surface area contributed by atoms with Gasteiger partial charge in [-0.05, 0) is 67.9 Å². The molecule has 1 aliphatic rings. The van der Waals surface area contributed by atoms with Crippen LogP contribution >= 0.6 is 0 Å². The summed E-state index contributed by atoms with van der Waals surface area (Å²) in [5.74, 6) is 0.453. The molecule has 9 heteroatoms. The summed E-state index contributed by atoms with van der Waals surface area (Å²) in [6, 6.07) is 12.4. The van der Waals surface area contributed by atoms with Crippen LogP contribution in [-0.2, 0) is 27.7 Å². The van der Waals surface area contributed by atoms with Gasteiger partial charge in [0, 0.05) is 18.6 Å². The number of sulfonamides is 1. The first-order valence-electron chi connectivity index (χ1n) is 13.0. The number of phenols is 1. The summed E-state index contributed by atoms with van der Waals surface area (Å²) < 4.78 is 25.3. The molecule has 1 atom stereocenters. The number of aliphatic hydroxyl groups is 1. The summed E-state index contributed by atoms with van der Waals surface area (Å²) >= 11 is 0. The van der Waals surface area contributed by atoms with E-state index in [-0.39, 0.29) is 29.4 Å². The predicted molar refractivity (Wildman–Crippen MR) is 147 cm³/mol. The molecule has 0 aliphatic heterocycles. The van der Waals surface area contributed by atoms with Gasteiger partial charge in [0.25, 0.3) is 0 Å². The van der Waals surface area contributed by atoms with Crippen LogP contribution in [0.4, 0.5) is 5.69 Å². The Morgan fingerprint density at radius 3 is 2.49 bits per heavy atom. The van der Waals surface area contributed by atoms with E-state index in [0.717, 1.165) is 23.9 Å². The van der Waals surface area contributed by atoms with Crippen molar-refractivity contribution >= 4 is 21.6 Å². The Kier molecular flexibility index (Phi) is 9.98. The molecule has 0 unspecified atom stereocenters. The van der Waals surface area contributed by atoms with Crippen LogP contribution < -0.4 is 15.4 Å². The summed E-state index contributed by atoms with van der Waals surface area (Å²) in [5, 5.41) is 27.1. The highest BCUT2D eigenvalue weighted by Gasteiger charge is 2.21. The van der Waals surface area contributed by atoms with E-state index in [1.165, 1.54) is 44.2 Å². The second-order valence-corrected chi connectivity index (χ2v) is 12.7. The number of nitrogens with one attached hydrogen (secondary N) is 3. The zero-order valence-corrected chi connectivity index (χ0v) is 22.9. The zero-order valence-electron chi connectivity index (χ0n) is 22.1. The fraction of sp³-hybridized carbons (Fsp3) is 0.536. The monoisotopic (exact) mass is 531 g/mol. The van der Waals surface area contributed by atoms with Crippen LogP contribution in [0.2, 0.25) is 0 Å². The van der Waals surface area contributed by atoms with E-state index >= 15 is 0 Å². The molecule has 2 aromatic rings. The van der Waals surface area contributed by atoms with Crippen LogP contribution in [0.5, 0.6) is 5.75 Å². The van der Waals surface area contributed by atoms with Crippen LogP contribution in [-0.4, -0.2) is 49.4 Å². The summed E-state index contributed by atoms with van der Waals surface area (Å²) in [4.78, 5) is 12.5. The molecule has 0 aromatic heterocycles. The van der Waals surface area contributed by atoms with Crippen molar-refractivity contribution in [1.82, 2.24) is 10.6 Å². The van der Waals surface area contributed by atoms with Gasteiger partial charge in [0.1, 0.15) is 5.75 Å². The smallest absolute Gasteiger partial charge is 0.229 e. The van der Waals surface area contributed by atoms with Gasteiger partial charge in [0.2, 0.25) is 15.9 Å². The Hall–Kier alpha value is -2.62. The number of hydrogen-bond acceptors (Lipinski definition) is 6. The first kappa shape index (κ1) is 28.9. The average molecular weight is 532 g/mol. The van der Waals surface area contributed by atoms with E-state index in [9.17, 15) is 23.4 Å². The number of β-amino-alcohol motifs (C(OH)–C–C–N with tert-alkyl or cyclic N) is 1. The lowest BCUT2D eigenvalue weighted by atomic mass is 9.89. The van der Waals surface area contributed by atoms with Gasteiger partial charge >= 0.3 is 0 Å². The fourth-order valence-electron chi connectivity index (χ4n) is 4.85. The Balaban J connectivity index is 1.52. The normalized spacial score (nSPS) is 15.8. The first-order valence-corrected chi connectivity index (χ1v) is 14.9. The van der Waals surface area contributed by atoms with E-state index < -0.39 is 16.1 Å². The summed E-state index contributed by atoms with van der Waals surface area (Å²) in [5.41, 5.74) is 2.22. The average Bonchev–Trinajstić information content (AvgIpc) is 2.82. The molecule has 8 nitrogen and oxygen atoms in total. The molecular formula is C28H41N3O5S. The quantitative estimate of drug-likeness (QED) is 0.266. The largest absolute Gasteiger partial charge is 0.506 e. The van der Waals surface area contributed by atoms with Crippen LogP contribution in [0.3, 0.4) is 0 Å². The highest BCUT2D eigenvalue weighted by molar-refractivity contribution is 7.92. The third-order valence-electron chi connectivity index (χ3n) is 6.79. The number of carbonyl (C=O) groups is 1. The highest BCUT2D eigenvalue weighted by Crippen LogP contribution is 2.28. The lowest BCUT2D eigenvalue weighted by molar-refractivity contribution is -0.120. The summed E-state index contributed by atoms with van der Waals surface area (Å²) in [7, 11) is -3.56. The van der Waals surface area contributed by atoms with Crippen molar-refractivity contribution in [2.24, 2.45) is 5.92 Å². The minimum Gasteiger partial charge on any atom is -0.506 e. The van der Waals surface area contributed by atoms with Crippen LogP contribution in [0.25, 0.3) is 0 Å². The molecule has 0 radical (unpaired) electrons. The first-order chi connectivity index (χ1) is 17.4. The molecule has 1 saturated carbocycles. The molecular weight excluding hydrogens is 490 g/mol. The Labute approximate surface area is 220 Å². The van der Waals surface area contributed by atoms with E-state index in [2.05, 4.69) is 21.4 Å². The predicted octanol–water partition coefficient (Wildman–Crippen LogP) is 3.65. The molecule has 0 heterocycles. The van der Waals surface area contributed by atoms with Crippen LogP contribution in [0.1, 0.15) is 68.7 Å². The van der Waals surface area contributed by atoms with E-state index in [4.69, 9.17) is 0 Å². The molecule has 204 valence electrons. The molecule has 5 N–H and O–H groups in total. The number of phenolic OH excluding ortho intramolecular Hbond substituents is 1. The van der Waals surface area contributed by atoms with Crippen molar-refractivity contribution in [2.75, 3.05) is 24.1 Å².